The third-order valence-electron chi connectivity index (χ3n) is 0.167. The topological polar surface area (TPSA) is 26.3 Å². The van der Waals surface area contributed by atoms with Crippen LogP contribution < -0.4 is 0 Å². The van der Waals surface area contributed by atoms with E-state index in [9.17, 15) is 4.79 Å². The zero-order valence-corrected chi connectivity index (χ0v) is 4.44. The van der Waals surface area contributed by atoms with Gasteiger partial charge in [-0.15, -0.1) is 0 Å². The molecule has 0 aromatic heterocycles. The van der Waals surface area contributed by atoms with Crippen LogP contribution in [0.1, 0.15) is 0 Å². The molecule has 0 aliphatic carbocycles. The van der Waals surface area contributed by atoms with Gasteiger partial charge >= 0.3 is 37.5 Å². The van der Waals surface area contributed by atoms with Crippen LogP contribution in [-0.4, -0.2) is 28.0 Å². The van der Waals surface area contributed by atoms with Crippen LogP contribution in [0.15, 0.2) is 0 Å². The Hall–Kier alpha value is -0.0105. The summed E-state index contributed by atoms with van der Waals surface area (Å²) in [5.74, 6) is 0. The van der Waals surface area contributed by atoms with Gasteiger partial charge in [-0.05, 0) is 0 Å². The van der Waals surface area contributed by atoms with Crippen LogP contribution >= 0.6 is 0 Å². The van der Waals surface area contributed by atoms with Gasteiger partial charge in [0.25, 0.3) is 0 Å². The first-order valence-electron chi connectivity index (χ1n) is 1.02. The molecule has 5 heavy (non-hydrogen) atoms. The Bertz CT molecular complexity index is 42.9. The zero-order valence-electron chi connectivity index (χ0n) is 2.72. The van der Waals surface area contributed by atoms with Gasteiger partial charge in [-0.3, -0.25) is 0 Å². The minimum atomic E-state index is -0.370. The van der Waals surface area contributed by atoms with E-state index in [2.05, 4.69) is 20.7 Å². The van der Waals surface area contributed by atoms with Gasteiger partial charge in [-0.25, -0.2) is 0 Å². The molecule has 0 aromatic carbocycles. The molecule has 0 unspecified atom stereocenters. The summed E-state index contributed by atoms with van der Waals surface area (Å²) in [4.78, 5) is 9.16. The number of hydrogen-bond acceptors (Lipinski definition) is 2. The monoisotopic (exact) mass is 139 g/mol. The summed E-state index contributed by atoms with van der Waals surface area (Å²) in [7, 11) is 1.32. The van der Waals surface area contributed by atoms with E-state index in [4.69, 9.17) is 0 Å². The SMILES string of the molecule is COC(=O)[Se]. The molecule has 0 aliphatic rings. The summed E-state index contributed by atoms with van der Waals surface area (Å²) in [6.07, 6.45) is 0. The molecule has 0 atom stereocenters. The number of rotatable bonds is 0. The van der Waals surface area contributed by atoms with E-state index in [-0.39, 0.29) is 4.87 Å². The van der Waals surface area contributed by atoms with E-state index in [1.807, 2.05) is 0 Å². The van der Waals surface area contributed by atoms with E-state index >= 15 is 0 Å². The van der Waals surface area contributed by atoms with Crippen LogP contribution in [0.5, 0.6) is 0 Å². The Morgan fingerprint density at radius 3 is 2.20 bits per heavy atom. The van der Waals surface area contributed by atoms with Gasteiger partial charge in [-0.1, -0.05) is 0 Å². The van der Waals surface area contributed by atoms with E-state index in [0.29, 0.717) is 0 Å². The summed E-state index contributed by atoms with van der Waals surface area (Å²) >= 11 is 2.13. The van der Waals surface area contributed by atoms with Crippen LogP contribution in [0, 0.1) is 0 Å². The molecule has 1 radical (unpaired) electrons. The third kappa shape index (κ3) is 3.99. The van der Waals surface area contributed by atoms with Gasteiger partial charge in [0.2, 0.25) is 0 Å². The summed E-state index contributed by atoms with van der Waals surface area (Å²) in [6, 6.07) is 0. The van der Waals surface area contributed by atoms with Crippen molar-refractivity contribution in [1.29, 1.82) is 0 Å². The number of carbonyl (C=O) groups is 1. The molecule has 0 heterocycles. The molecular formula is C2H3O2Se. The normalized spacial score (nSPS) is 6.60. The summed E-state index contributed by atoms with van der Waals surface area (Å²) in [6.45, 7) is 0. The fourth-order valence-corrected chi connectivity index (χ4v) is 0. The first kappa shape index (κ1) is 4.99. The van der Waals surface area contributed by atoms with Crippen molar-refractivity contribution in [3.63, 3.8) is 0 Å². The Morgan fingerprint density at radius 2 is 2.20 bits per heavy atom. The van der Waals surface area contributed by atoms with Crippen molar-refractivity contribution in [2.75, 3.05) is 7.11 Å². The average molecular weight is 138 g/mol. The second kappa shape index (κ2) is 2.24. The van der Waals surface area contributed by atoms with Gasteiger partial charge in [-0.2, -0.15) is 0 Å². The maximum atomic E-state index is 9.53. The van der Waals surface area contributed by atoms with Crippen LogP contribution in [-0.2, 0) is 4.74 Å². The predicted octanol–water partition coefficient (Wildman–Crippen LogP) is -0.0787. The zero-order chi connectivity index (χ0) is 4.28. The fourth-order valence-electron chi connectivity index (χ4n) is 0. The van der Waals surface area contributed by atoms with Crippen LogP contribution in [0.25, 0.3) is 0 Å². The molecule has 0 aliphatic heterocycles. The molecule has 0 aromatic rings. The number of hydrogen-bond donors (Lipinski definition) is 0. The number of carbonyl (C=O) groups excluding carboxylic acids is 1. The standard InChI is InChI=1S/C2H3O2Se/c1-4-2(3)5/h1H3. The van der Waals surface area contributed by atoms with E-state index < -0.39 is 0 Å². The molecule has 0 saturated carbocycles. The van der Waals surface area contributed by atoms with Crippen molar-refractivity contribution < 1.29 is 9.53 Å². The molecule has 0 N–H and O–H groups in total. The predicted molar refractivity (Wildman–Crippen MR) is 18.2 cm³/mol. The molecule has 0 bridgehead atoms. The quantitative estimate of drug-likeness (QED) is 0.437. The van der Waals surface area contributed by atoms with E-state index in [1.165, 1.54) is 7.11 Å². The molecule has 0 spiro atoms. The molecule has 29 valence electrons. The summed E-state index contributed by atoms with van der Waals surface area (Å²) < 4.78 is 4.06. The van der Waals surface area contributed by atoms with Crippen molar-refractivity contribution in [1.82, 2.24) is 0 Å². The molecule has 0 amide bonds. The van der Waals surface area contributed by atoms with Gasteiger partial charge in [0.1, 0.15) is 0 Å². The van der Waals surface area contributed by atoms with Gasteiger partial charge in [0, 0.05) is 0 Å². The van der Waals surface area contributed by atoms with Crippen molar-refractivity contribution in [2.24, 2.45) is 0 Å². The van der Waals surface area contributed by atoms with Gasteiger partial charge < -0.3 is 0 Å². The third-order valence-corrected chi connectivity index (χ3v) is 0.516. The molecule has 2 nitrogen and oxygen atoms in total. The van der Waals surface area contributed by atoms with E-state index in [0.717, 1.165) is 0 Å². The molecule has 0 rings (SSSR count). The van der Waals surface area contributed by atoms with Crippen LogP contribution in [0.2, 0.25) is 0 Å². The summed E-state index contributed by atoms with van der Waals surface area (Å²) in [5.41, 5.74) is 0. The van der Waals surface area contributed by atoms with Crippen molar-refractivity contribution >= 4 is 20.9 Å². The maximum absolute atomic E-state index is 9.53. The molecule has 3 heteroatoms. The molecule has 0 saturated heterocycles. The Kier molecular flexibility index (Phi) is 2.24. The van der Waals surface area contributed by atoms with E-state index in [1.54, 1.807) is 0 Å². The average Bonchev–Trinajstić information content (AvgIpc) is 1.38. The second-order valence-corrected chi connectivity index (χ2v) is 1.15. The first-order chi connectivity index (χ1) is 2.27. The molecule has 0 fully saturated rings. The van der Waals surface area contributed by atoms with Crippen molar-refractivity contribution in [2.45, 2.75) is 0 Å². The van der Waals surface area contributed by atoms with Gasteiger partial charge in [0.15, 0.2) is 0 Å². The van der Waals surface area contributed by atoms with Crippen molar-refractivity contribution in [3.05, 3.63) is 0 Å². The molecular weight excluding hydrogens is 135 g/mol. The number of methoxy groups -OCH3 is 1. The Labute approximate surface area is 38.3 Å². The Morgan fingerprint density at radius 1 is 2.00 bits per heavy atom. The fraction of sp³-hybridized carbons (Fsp3) is 0.500. The summed E-state index contributed by atoms with van der Waals surface area (Å²) in [5, 5.41) is 0. The van der Waals surface area contributed by atoms with Crippen LogP contribution in [0.4, 0.5) is 4.79 Å². The van der Waals surface area contributed by atoms with Gasteiger partial charge in [0.05, 0.1) is 0 Å². The van der Waals surface area contributed by atoms with Crippen LogP contribution in [0.3, 0.4) is 0 Å². The minimum absolute atomic E-state index is 0.370. The van der Waals surface area contributed by atoms with Crippen molar-refractivity contribution in [3.8, 4) is 0 Å². The first-order valence-corrected chi connectivity index (χ1v) is 1.88. The second-order valence-electron chi connectivity index (χ2n) is 0.454. The Balaban J connectivity index is 2.85. The number of ether oxygens (including phenoxy) is 1.